The second-order valence-electron chi connectivity index (χ2n) is 12.8. The van der Waals surface area contributed by atoms with Crippen molar-refractivity contribution in [3.05, 3.63) is 86.6 Å². The van der Waals surface area contributed by atoms with Gasteiger partial charge in [0.15, 0.2) is 0 Å². The van der Waals surface area contributed by atoms with E-state index in [9.17, 15) is 23.1 Å². The second-order valence-corrected chi connectivity index (χ2v) is 13.9. The largest absolute Gasteiger partial charge is 0.480 e. The summed E-state index contributed by atoms with van der Waals surface area (Å²) in [6.45, 7) is 8.70. The minimum atomic E-state index is -0.797. The average Bonchev–Trinajstić information content (AvgIpc) is 3.53. The molecule has 1 aliphatic heterocycles. The molecule has 5 rings (SSSR count). The van der Waals surface area contributed by atoms with Gasteiger partial charge in [-0.2, -0.15) is 0 Å². The molecule has 1 aromatic heterocycles. The van der Waals surface area contributed by atoms with Crippen LogP contribution in [-0.2, 0) is 11.2 Å². The lowest BCUT2D eigenvalue weighted by Gasteiger charge is -2.35. The molecule has 0 spiro atoms. The number of likely N-dealkylation sites (N-methyl/N-ethyl adjacent to an activating group) is 1. The maximum absolute atomic E-state index is 14.3. The van der Waals surface area contributed by atoms with Gasteiger partial charge >= 0.3 is 5.97 Å². The Morgan fingerprint density at radius 2 is 1.81 bits per heavy atom. The molecule has 43 heavy (non-hydrogen) atoms. The molecule has 1 N–H and O–H groups in total. The second kappa shape index (κ2) is 13.5. The van der Waals surface area contributed by atoms with Crippen LogP contribution in [0.4, 0.5) is 13.2 Å². The highest BCUT2D eigenvalue weighted by molar-refractivity contribution is 7.11. The summed E-state index contributed by atoms with van der Waals surface area (Å²) in [6.07, 6.45) is 4.06. The lowest BCUT2D eigenvalue weighted by Crippen LogP contribution is -2.47. The van der Waals surface area contributed by atoms with E-state index in [0.29, 0.717) is 23.8 Å². The molecule has 4 atom stereocenters. The van der Waals surface area contributed by atoms with Crippen LogP contribution >= 0.6 is 11.3 Å². The van der Waals surface area contributed by atoms with Crippen molar-refractivity contribution in [1.29, 1.82) is 0 Å². The molecule has 0 radical (unpaired) electrons. The maximum atomic E-state index is 14.3. The van der Waals surface area contributed by atoms with Gasteiger partial charge in [-0.25, -0.2) is 18.2 Å². The number of rotatable bonds is 10. The molecule has 0 bridgehead atoms. The molecular formula is C34H42F3N3O2S. The van der Waals surface area contributed by atoms with E-state index in [0.717, 1.165) is 67.6 Å². The van der Waals surface area contributed by atoms with E-state index >= 15 is 0 Å². The molecule has 3 aromatic rings. The number of likely N-dealkylation sites (tertiary alicyclic amines) is 1. The molecule has 9 heteroatoms. The van der Waals surface area contributed by atoms with Crippen LogP contribution in [-0.4, -0.2) is 64.6 Å². The predicted octanol–water partition coefficient (Wildman–Crippen LogP) is 7.24. The SMILES string of the molecule is Cc1nc(Cc2ccc(F)cc2F)sc1C1CCN(CC2CC(N(C)[C@@H](C(=O)O)C(C)C)CC2c2cccc(F)c2)CC1. The lowest BCUT2D eigenvalue weighted by atomic mass is 9.87. The maximum Gasteiger partial charge on any atom is 0.321 e. The van der Waals surface area contributed by atoms with Crippen LogP contribution in [0.25, 0.3) is 0 Å². The molecular weight excluding hydrogens is 571 g/mol. The van der Waals surface area contributed by atoms with Gasteiger partial charge in [0.2, 0.25) is 0 Å². The summed E-state index contributed by atoms with van der Waals surface area (Å²) < 4.78 is 41.8. The van der Waals surface area contributed by atoms with E-state index in [1.54, 1.807) is 23.5 Å². The van der Waals surface area contributed by atoms with Crippen LogP contribution in [0.1, 0.15) is 78.1 Å². The molecule has 5 nitrogen and oxygen atoms in total. The minimum absolute atomic E-state index is 0.0152. The van der Waals surface area contributed by atoms with Gasteiger partial charge in [-0.05, 0) is 106 Å². The van der Waals surface area contributed by atoms with Crippen molar-refractivity contribution in [1.82, 2.24) is 14.8 Å². The van der Waals surface area contributed by atoms with Crippen LogP contribution in [0.3, 0.4) is 0 Å². The summed E-state index contributed by atoms with van der Waals surface area (Å²) in [4.78, 5) is 22.6. The van der Waals surface area contributed by atoms with Gasteiger partial charge in [0.25, 0.3) is 0 Å². The number of carboxylic acids is 1. The van der Waals surface area contributed by atoms with E-state index < -0.39 is 23.6 Å². The minimum Gasteiger partial charge on any atom is -0.480 e. The molecule has 0 amide bonds. The fourth-order valence-corrected chi connectivity index (χ4v) is 8.65. The number of piperidine rings is 1. The van der Waals surface area contributed by atoms with Gasteiger partial charge in [-0.3, -0.25) is 9.69 Å². The fraction of sp³-hybridized carbons (Fsp3) is 0.529. The number of hydrogen-bond acceptors (Lipinski definition) is 5. The predicted molar refractivity (Wildman–Crippen MR) is 164 cm³/mol. The van der Waals surface area contributed by atoms with E-state index in [1.165, 1.54) is 23.1 Å². The van der Waals surface area contributed by atoms with Crippen molar-refractivity contribution in [2.24, 2.45) is 11.8 Å². The van der Waals surface area contributed by atoms with Crippen LogP contribution in [0, 0.1) is 36.2 Å². The molecule has 2 aromatic carbocycles. The molecule has 1 aliphatic carbocycles. The Bertz CT molecular complexity index is 1420. The lowest BCUT2D eigenvalue weighted by molar-refractivity contribution is -0.145. The fourth-order valence-electron chi connectivity index (χ4n) is 7.39. The third-order valence-corrected chi connectivity index (χ3v) is 10.9. The van der Waals surface area contributed by atoms with Gasteiger partial charge in [0.1, 0.15) is 23.5 Å². The zero-order valence-electron chi connectivity index (χ0n) is 25.4. The molecule has 3 unspecified atom stereocenters. The first-order valence-electron chi connectivity index (χ1n) is 15.3. The number of carboxylic acid groups (broad SMARTS) is 1. The van der Waals surface area contributed by atoms with Crippen LogP contribution in [0.2, 0.25) is 0 Å². The number of hydrogen-bond donors (Lipinski definition) is 1. The Morgan fingerprint density at radius 1 is 1.09 bits per heavy atom. The van der Waals surface area contributed by atoms with E-state index in [4.69, 9.17) is 4.98 Å². The van der Waals surface area contributed by atoms with Crippen LogP contribution in [0.15, 0.2) is 42.5 Å². The monoisotopic (exact) mass is 613 g/mol. The number of halogens is 3. The van der Waals surface area contributed by atoms with Crippen LogP contribution < -0.4 is 0 Å². The van der Waals surface area contributed by atoms with E-state index in [2.05, 4.69) is 4.90 Å². The van der Waals surface area contributed by atoms with Crippen LogP contribution in [0.5, 0.6) is 0 Å². The standard InChI is InChI=1S/C34H42F3N3O2S/c1-20(2)32(34(41)42)39(4)28-15-25(29(18-28)23-6-5-7-26(35)14-23)19-40-12-10-22(11-13-40)33-21(3)38-31(43-33)16-24-8-9-27(36)17-30(24)37/h5-9,14,17,20,22,25,28-29,32H,10-13,15-16,18-19H2,1-4H3,(H,41,42)/t25?,28?,29?,32-/m1/s1. The van der Waals surface area contributed by atoms with E-state index in [-0.39, 0.29) is 23.7 Å². The van der Waals surface area contributed by atoms with Gasteiger partial charge < -0.3 is 10.0 Å². The highest BCUT2D eigenvalue weighted by atomic mass is 32.1. The highest BCUT2D eigenvalue weighted by Crippen LogP contribution is 2.44. The molecule has 2 aliphatic rings. The first-order chi connectivity index (χ1) is 20.5. The quantitative estimate of drug-likeness (QED) is 0.261. The van der Waals surface area contributed by atoms with Crippen molar-refractivity contribution in [2.45, 2.75) is 76.8 Å². The molecule has 1 saturated heterocycles. The van der Waals surface area contributed by atoms with E-state index in [1.807, 2.05) is 38.8 Å². The first-order valence-corrected chi connectivity index (χ1v) is 16.1. The third kappa shape index (κ3) is 7.32. The Kier molecular flexibility index (Phi) is 9.93. The summed E-state index contributed by atoms with van der Waals surface area (Å²) in [5.74, 6) is -1.30. The van der Waals surface area contributed by atoms with Gasteiger partial charge in [-0.15, -0.1) is 11.3 Å². The zero-order chi connectivity index (χ0) is 30.8. The average molecular weight is 614 g/mol. The number of aliphatic carboxylic acids is 1. The summed E-state index contributed by atoms with van der Waals surface area (Å²) in [5.41, 5.74) is 2.44. The Labute approximate surface area is 256 Å². The Balaban J connectivity index is 1.25. The summed E-state index contributed by atoms with van der Waals surface area (Å²) in [5, 5.41) is 10.8. The van der Waals surface area contributed by atoms with Crippen molar-refractivity contribution in [3.8, 4) is 0 Å². The molecule has 2 fully saturated rings. The normalized spacial score (nSPS) is 22.5. The van der Waals surface area contributed by atoms with Crippen molar-refractivity contribution in [2.75, 3.05) is 26.7 Å². The number of thiazole rings is 1. The number of nitrogens with zero attached hydrogens (tertiary/aromatic N) is 3. The molecule has 2 heterocycles. The van der Waals surface area contributed by atoms with Crippen molar-refractivity contribution in [3.63, 3.8) is 0 Å². The smallest absolute Gasteiger partial charge is 0.321 e. The van der Waals surface area contributed by atoms with Crippen molar-refractivity contribution >= 4 is 17.3 Å². The van der Waals surface area contributed by atoms with Gasteiger partial charge in [-0.1, -0.05) is 32.0 Å². The molecule has 232 valence electrons. The number of aryl methyl sites for hydroxylation is 1. The Hall–Kier alpha value is -2.75. The summed E-state index contributed by atoms with van der Waals surface area (Å²) in [7, 11) is 1.93. The molecule has 1 saturated carbocycles. The van der Waals surface area contributed by atoms with Crippen molar-refractivity contribution < 1.29 is 23.1 Å². The summed E-state index contributed by atoms with van der Waals surface area (Å²) in [6, 6.07) is 10.2. The number of aromatic nitrogens is 1. The number of benzene rings is 2. The topological polar surface area (TPSA) is 56.7 Å². The summed E-state index contributed by atoms with van der Waals surface area (Å²) >= 11 is 1.64. The Morgan fingerprint density at radius 3 is 2.47 bits per heavy atom. The zero-order valence-corrected chi connectivity index (χ0v) is 26.2. The number of carbonyl (C=O) groups is 1. The first kappa shape index (κ1) is 31.7. The highest BCUT2D eigenvalue weighted by Gasteiger charge is 2.42. The van der Waals surface area contributed by atoms with Gasteiger partial charge in [0.05, 0.1) is 10.7 Å². The van der Waals surface area contributed by atoms with Gasteiger partial charge in [0, 0.05) is 30.0 Å². The third-order valence-electron chi connectivity index (χ3n) is 9.53.